The number of fused-ring (bicyclic) bond motifs is 1. The Hall–Kier alpha value is -2.80. The van der Waals surface area contributed by atoms with Gasteiger partial charge in [-0.15, -0.1) is 11.8 Å². The van der Waals surface area contributed by atoms with Gasteiger partial charge in [0, 0.05) is 4.90 Å². The molecule has 25 heavy (non-hydrogen) atoms. The molecule has 0 fully saturated rings. The molecule has 2 aromatic carbocycles. The zero-order valence-corrected chi connectivity index (χ0v) is 14.5. The summed E-state index contributed by atoms with van der Waals surface area (Å²) in [6.45, 7) is -0.183. The van der Waals surface area contributed by atoms with Crippen molar-refractivity contribution in [3.05, 3.63) is 54.1 Å². The molecule has 0 unspecified atom stereocenters. The second-order valence-corrected chi connectivity index (χ2v) is 6.18. The minimum absolute atomic E-state index is 0.0741. The van der Waals surface area contributed by atoms with Crippen LogP contribution in [0.15, 0.2) is 58.5 Å². The molecule has 1 heterocycles. The first kappa shape index (κ1) is 17.0. The molecule has 0 aliphatic carbocycles. The Morgan fingerprint density at radius 2 is 2.04 bits per heavy atom. The second-order valence-electron chi connectivity index (χ2n) is 5.30. The van der Waals surface area contributed by atoms with E-state index in [4.69, 9.17) is 4.74 Å². The average molecular weight is 355 g/mol. The number of benzene rings is 2. The number of nitrogens with one attached hydrogen (secondary N) is 1. The third kappa shape index (κ3) is 4.19. The van der Waals surface area contributed by atoms with Gasteiger partial charge in [0.05, 0.1) is 11.9 Å². The van der Waals surface area contributed by atoms with E-state index in [1.165, 1.54) is 4.90 Å². The summed E-state index contributed by atoms with van der Waals surface area (Å²) in [4.78, 5) is 26.7. The lowest BCUT2D eigenvalue weighted by molar-refractivity contribution is -0.125. The lowest BCUT2D eigenvalue weighted by Crippen LogP contribution is -2.44. The van der Waals surface area contributed by atoms with E-state index >= 15 is 0 Å². The van der Waals surface area contributed by atoms with E-state index in [1.54, 1.807) is 36.2 Å². The van der Waals surface area contributed by atoms with Crippen LogP contribution in [0.25, 0.3) is 0 Å². The third-order valence-electron chi connectivity index (χ3n) is 3.63. The molecule has 2 amide bonds. The number of rotatable bonds is 5. The molecule has 2 aromatic rings. The van der Waals surface area contributed by atoms with Crippen LogP contribution in [0.1, 0.15) is 5.56 Å². The van der Waals surface area contributed by atoms with Crippen LogP contribution < -0.4 is 15.1 Å². The summed E-state index contributed by atoms with van der Waals surface area (Å²) in [6, 6.07) is 14.9. The minimum Gasteiger partial charge on any atom is -0.482 e. The van der Waals surface area contributed by atoms with E-state index in [0.29, 0.717) is 11.4 Å². The monoisotopic (exact) mass is 355 g/mol. The van der Waals surface area contributed by atoms with Crippen molar-refractivity contribution in [2.45, 2.75) is 4.90 Å². The topological polar surface area (TPSA) is 71.0 Å². The normalized spacial score (nSPS) is 13.5. The molecular formula is C18H17N3O3S. The lowest BCUT2D eigenvalue weighted by Gasteiger charge is -2.28. The van der Waals surface area contributed by atoms with Gasteiger partial charge in [-0.3, -0.25) is 14.5 Å². The van der Waals surface area contributed by atoms with Crippen molar-refractivity contribution in [3.63, 3.8) is 0 Å². The number of hydrazone groups is 1. The Labute approximate surface area is 149 Å². The summed E-state index contributed by atoms with van der Waals surface area (Å²) in [7, 11) is 0. The van der Waals surface area contributed by atoms with Crippen LogP contribution in [0.2, 0.25) is 0 Å². The molecule has 0 aromatic heterocycles. The largest absolute Gasteiger partial charge is 0.482 e. The predicted molar refractivity (Wildman–Crippen MR) is 98.2 cm³/mol. The van der Waals surface area contributed by atoms with Gasteiger partial charge in [-0.2, -0.15) is 5.10 Å². The van der Waals surface area contributed by atoms with Gasteiger partial charge in [-0.05, 0) is 36.1 Å². The number of carbonyl (C=O) groups is 2. The summed E-state index contributed by atoms with van der Waals surface area (Å²) in [5, 5.41) is 3.94. The summed E-state index contributed by atoms with van der Waals surface area (Å²) < 4.78 is 5.35. The molecular weight excluding hydrogens is 338 g/mol. The minimum atomic E-state index is -0.373. The number of carbonyl (C=O) groups excluding carboxylic acids is 2. The zero-order valence-electron chi connectivity index (χ0n) is 13.6. The Kier molecular flexibility index (Phi) is 5.35. The van der Waals surface area contributed by atoms with Crippen LogP contribution >= 0.6 is 11.8 Å². The van der Waals surface area contributed by atoms with Gasteiger partial charge in [0.1, 0.15) is 12.3 Å². The smallest absolute Gasteiger partial charge is 0.265 e. The van der Waals surface area contributed by atoms with Crippen LogP contribution in [0, 0.1) is 0 Å². The van der Waals surface area contributed by atoms with Crippen LogP contribution in [0.3, 0.4) is 0 Å². The van der Waals surface area contributed by atoms with Gasteiger partial charge in [0.25, 0.3) is 11.8 Å². The van der Waals surface area contributed by atoms with Crippen molar-refractivity contribution in [1.29, 1.82) is 0 Å². The van der Waals surface area contributed by atoms with Crippen LogP contribution in [0.5, 0.6) is 5.75 Å². The molecule has 6 nitrogen and oxygen atoms in total. The number of para-hydroxylation sites is 2. The fraction of sp³-hybridized carbons (Fsp3) is 0.167. The number of hydrogen-bond donors (Lipinski definition) is 1. The number of ether oxygens (including phenoxy) is 1. The molecule has 0 radical (unpaired) electrons. The first-order chi connectivity index (χ1) is 12.2. The van der Waals surface area contributed by atoms with Gasteiger partial charge in [-0.25, -0.2) is 5.43 Å². The van der Waals surface area contributed by atoms with E-state index in [1.807, 2.05) is 36.6 Å². The van der Waals surface area contributed by atoms with Crippen molar-refractivity contribution in [2.75, 3.05) is 24.3 Å². The summed E-state index contributed by atoms with van der Waals surface area (Å²) in [5.41, 5.74) is 3.92. The second kappa shape index (κ2) is 7.85. The molecule has 0 saturated carbocycles. The molecule has 0 saturated heterocycles. The summed E-state index contributed by atoms with van der Waals surface area (Å²) in [5.74, 6) is -0.0418. The number of anilines is 1. The fourth-order valence-corrected chi connectivity index (χ4v) is 2.78. The predicted octanol–water partition coefficient (Wildman–Crippen LogP) is 2.28. The van der Waals surface area contributed by atoms with Crippen molar-refractivity contribution < 1.29 is 14.3 Å². The summed E-state index contributed by atoms with van der Waals surface area (Å²) >= 11 is 1.66. The number of amides is 2. The van der Waals surface area contributed by atoms with Crippen molar-refractivity contribution in [2.24, 2.45) is 5.10 Å². The van der Waals surface area contributed by atoms with Crippen LogP contribution in [-0.4, -0.2) is 37.4 Å². The molecule has 1 aliphatic heterocycles. The highest BCUT2D eigenvalue weighted by Gasteiger charge is 2.26. The highest BCUT2D eigenvalue weighted by molar-refractivity contribution is 7.98. The van der Waals surface area contributed by atoms with E-state index < -0.39 is 0 Å². The van der Waals surface area contributed by atoms with Crippen molar-refractivity contribution >= 4 is 35.5 Å². The van der Waals surface area contributed by atoms with Gasteiger partial charge in [0.15, 0.2) is 6.61 Å². The van der Waals surface area contributed by atoms with E-state index in [9.17, 15) is 9.59 Å². The average Bonchev–Trinajstić information content (AvgIpc) is 2.65. The molecule has 0 atom stereocenters. The molecule has 128 valence electrons. The standard InChI is InChI=1S/C18H17N3O3S/c1-25-14-8-6-13(7-9-14)10-19-20-17(22)11-21-15-4-2-3-5-16(15)24-12-18(21)23/h2-10H,11-12H2,1H3,(H,20,22)/b19-10-. The first-order valence-corrected chi connectivity index (χ1v) is 8.88. The van der Waals surface area contributed by atoms with Gasteiger partial charge >= 0.3 is 0 Å². The van der Waals surface area contributed by atoms with Gasteiger partial charge in [-0.1, -0.05) is 24.3 Å². The van der Waals surface area contributed by atoms with Crippen LogP contribution in [0.4, 0.5) is 5.69 Å². The number of nitrogens with zero attached hydrogens (tertiary/aromatic N) is 2. The highest BCUT2D eigenvalue weighted by atomic mass is 32.2. The lowest BCUT2D eigenvalue weighted by atomic mass is 10.2. The SMILES string of the molecule is CSc1ccc(/C=N\NC(=O)CN2C(=O)COc3ccccc32)cc1. The van der Waals surface area contributed by atoms with Crippen molar-refractivity contribution in [3.8, 4) is 5.75 Å². The quantitative estimate of drug-likeness (QED) is 0.507. The number of hydrogen-bond acceptors (Lipinski definition) is 5. The van der Waals surface area contributed by atoms with Gasteiger partial charge < -0.3 is 4.74 Å². The van der Waals surface area contributed by atoms with Gasteiger partial charge in [0.2, 0.25) is 0 Å². The highest BCUT2D eigenvalue weighted by Crippen LogP contribution is 2.31. The van der Waals surface area contributed by atoms with Crippen molar-refractivity contribution in [1.82, 2.24) is 5.43 Å². The van der Waals surface area contributed by atoms with E-state index in [-0.39, 0.29) is 25.0 Å². The Bertz CT molecular complexity index is 805. The molecule has 0 bridgehead atoms. The first-order valence-electron chi connectivity index (χ1n) is 7.65. The maximum atomic E-state index is 12.1. The van der Waals surface area contributed by atoms with E-state index in [2.05, 4.69) is 10.5 Å². The number of thioether (sulfide) groups is 1. The Morgan fingerprint density at radius 1 is 1.28 bits per heavy atom. The summed E-state index contributed by atoms with van der Waals surface area (Å²) in [6.07, 6.45) is 3.57. The van der Waals surface area contributed by atoms with E-state index in [0.717, 1.165) is 10.5 Å². The maximum absolute atomic E-state index is 12.1. The Balaban J connectivity index is 1.60. The molecule has 1 aliphatic rings. The molecule has 0 spiro atoms. The molecule has 1 N–H and O–H groups in total. The molecule has 7 heteroatoms. The molecule has 3 rings (SSSR count). The Morgan fingerprint density at radius 3 is 2.80 bits per heavy atom. The van der Waals surface area contributed by atoms with Crippen LogP contribution in [-0.2, 0) is 9.59 Å². The zero-order chi connectivity index (χ0) is 17.6. The maximum Gasteiger partial charge on any atom is 0.265 e. The third-order valence-corrected chi connectivity index (χ3v) is 4.37. The fourth-order valence-electron chi connectivity index (χ4n) is 2.38.